The van der Waals surface area contributed by atoms with E-state index in [-0.39, 0.29) is 30.2 Å². The van der Waals surface area contributed by atoms with Crippen molar-refractivity contribution in [2.24, 2.45) is 0 Å². The van der Waals surface area contributed by atoms with Gasteiger partial charge in [0.15, 0.2) is 0 Å². The summed E-state index contributed by atoms with van der Waals surface area (Å²) in [6.07, 6.45) is 4.19. The van der Waals surface area contributed by atoms with E-state index in [4.69, 9.17) is 0 Å². The Balaban J connectivity index is 1.66. The summed E-state index contributed by atoms with van der Waals surface area (Å²) in [5, 5.41) is 8.26. The summed E-state index contributed by atoms with van der Waals surface area (Å²) in [5.74, 6) is -0.897. The van der Waals surface area contributed by atoms with Gasteiger partial charge in [0.1, 0.15) is 6.04 Å². The van der Waals surface area contributed by atoms with Crippen LogP contribution >= 0.6 is 0 Å². The van der Waals surface area contributed by atoms with Crippen LogP contribution in [0.2, 0.25) is 0 Å². The monoisotopic (exact) mass is 301 g/mol. The number of hydrogen-bond donors (Lipinski definition) is 3. The van der Waals surface area contributed by atoms with E-state index < -0.39 is 6.04 Å². The van der Waals surface area contributed by atoms with Crippen molar-refractivity contribution < 1.29 is 14.4 Å². The van der Waals surface area contributed by atoms with Crippen molar-refractivity contribution in [3.63, 3.8) is 0 Å². The van der Waals surface area contributed by atoms with Crippen LogP contribution in [-0.4, -0.2) is 29.8 Å². The SMILES string of the molecule is O=C(C[C@@H]1NC(=O)c2ccccc2NC1=O)NC1CCCC1. The van der Waals surface area contributed by atoms with Crippen molar-refractivity contribution in [2.45, 2.75) is 44.2 Å². The Kier molecular flexibility index (Phi) is 4.09. The van der Waals surface area contributed by atoms with Crippen molar-refractivity contribution in [1.29, 1.82) is 0 Å². The van der Waals surface area contributed by atoms with Crippen LogP contribution in [0.4, 0.5) is 5.69 Å². The second-order valence-electron chi connectivity index (χ2n) is 5.81. The first-order chi connectivity index (χ1) is 10.6. The predicted octanol–water partition coefficient (Wildman–Crippen LogP) is 1.19. The van der Waals surface area contributed by atoms with Crippen LogP contribution in [0.1, 0.15) is 42.5 Å². The van der Waals surface area contributed by atoms with E-state index in [0.717, 1.165) is 25.7 Å². The standard InChI is InChI=1S/C16H19N3O3/c20-14(17-10-5-1-2-6-10)9-13-16(22)18-12-8-4-3-7-11(12)15(21)19-13/h3-4,7-8,10,13H,1-2,5-6,9H2,(H,17,20)(H,18,22)(H,19,21)/t13-/m0/s1. The molecule has 0 bridgehead atoms. The van der Waals surface area contributed by atoms with Crippen LogP contribution in [0.5, 0.6) is 0 Å². The highest BCUT2D eigenvalue weighted by Crippen LogP contribution is 2.20. The zero-order valence-corrected chi connectivity index (χ0v) is 12.2. The predicted molar refractivity (Wildman–Crippen MR) is 81.3 cm³/mol. The molecule has 0 radical (unpaired) electrons. The summed E-state index contributed by atoms with van der Waals surface area (Å²) >= 11 is 0. The van der Waals surface area contributed by atoms with Gasteiger partial charge in [0.05, 0.1) is 17.7 Å². The minimum absolute atomic E-state index is 0.0396. The van der Waals surface area contributed by atoms with Crippen molar-refractivity contribution in [3.05, 3.63) is 29.8 Å². The lowest BCUT2D eigenvalue weighted by Crippen LogP contribution is -2.45. The molecule has 0 aromatic heterocycles. The fourth-order valence-corrected chi connectivity index (χ4v) is 3.00. The van der Waals surface area contributed by atoms with Gasteiger partial charge in [0, 0.05) is 6.04 Å². The Hall–Kier alpha value is -2.37. The highest BCUT2D eigenvalue weighted by molar-refractivity contribution is 6.10. The van der Waals surface area contributed by atoms with Crippen LogP contribution in [0.15, 0.2) is 24.3 Å². The summed E-state index contributed by atoms with van der Waals surface area (Å²) < 4.78 is 0. The minimum Gasteiger partial charge on any atom is -0.353 e. The van der Waals surface area contributed by atoms with Gasteiger partial charge in [-0.05, 0) is 25.0 Å². The Labute approximate surface area is 128 Å². The number of carbonyl (C=O) groups excluding carboxylic acids is 3. The number of fused-ring (bicyclic) bond motifs is 1. The molecular formula is C16H19N3O3. The van der Waals surface area contributed by atoms with Crippen molar-refractivity contribution in [1.82, 2.24) is 10.6 Å². The second-order valence-corrected chi connectivity index (χ2v) is 5.81. The summed E-state index contributed by atoms with van der Waals surface area (Å²) in [6.45, 7) is 0. The van der Waals surface area contributed by atoms with Crippen LogP contribution in [0.3, 0.4) is 0 Å². The molecular weight excluding hydrogens is 282 g/mol. The van der Waals surface area contributed by atoms with Gasteiger partial charge in [-0.25, -0.2) is 0 Å². The molecule has 22 heavy (non-hydrogen) atoms. The maximum absolute atomic E-state index is 12.2. The molecule has 1 saturated carbocycles. The summed E-state index contributed by atoms with van der Waals surface area (Å²) in [5.41, 5.74) is 0.887. The van der Waals surface area contributed by atoms with E-state index in [1.54, 1.807) is 24.3 Å². The van der Waals surface area contributed by atoms with Gasteiger partial charge in [-0.1, -0.05) is 25.0 Å². The molecule has 3 rings (SSSR count). The van der Waals surface area contributed by atoms with Gasteiger partial charge < -0.3 is 16.0 Å². The Morgan fingerprint density at radius 2 is 1.91 bits per heavy atom. The van der Waals surface area contributed by atoms with Crippen LogP contribution < -0.4 is 16.0 Å². The van der Waals surface area contributed by atoms with Crippen LogP contribution in [0, 0.1) is 0 Å². The molecule has 2 aliphatic rings. The number of amides is 3. The first-order valence-corrected chi connectivity index (χ1v) is 7.63. The molecule has 0 saturated heterocycles. The van der Waals surface area contributed by atoms with E-state index in [2.05, 4.69) is 16.0 Å². The number of carbonyl (C=O) groups is 3. The van der Waals surface area contributed by atoms with E-state index in [1.807, 2.05) is 0 Å². The lowest BCUT2D eigenvalue weighted by Gasteiger charge is -2.16. The molecule has 1 fully saturated rings. The largest absolute Gasteiger partial charge is 0.353 e. The van der Waals surface area contributed by atoms with Crippen LogP contribution in [0.25, 0.3) is 0 Å². The first kappa shape index (κ1) is 14.6. The molecule has 1 atom stereocenters. The Morgan fingerprint density at radius 3 is 2.68 bits per heavy atom. The van der Waals surface area contributed by atoms with Crippen LogP contribution in [-0.2, 0) is 9.59 Å². The third-order valence-corrected chi connectivity index (χ3v) is 4.16. The molecule has 1 aromatic rings. The summed E-state index contributed by atoms with van der Waals surface area (Å²) in [6, 6.07) is 6.16. The average molecular weight is 301 g/mol. The lowest BCUT2D eigenvalue weighted by atomic mass is 10.1. The normalized spacial score (nSPS) is 21.5. The van der Waals surface area contributed by atoms with Gasteiger partial charge in [-0.2, -0.15) is 0 Å². The number of rotatable bonds is 3. The molecule has 1 aromatic carbocycles. The number of benzene rings is 1. The molecule has 0 unspecified atom stereocenters. The van der Waals surface area contributed by atoms with Gasteiger partial charge in [0.25, 0.3) is 5.91 Å². The topological polar surface area (TPSA) is 87.3 Å². The average Bonchev–Trinajstić information content (AvgIpc) is 2.95. The quantitative estimate of drug-likeness (QED) is 0.783. The molecule has 116 valence electrons. The molecule has 1 aliphatic carbocycles. The first-order valence-electron chi connectivity index (χ1n) is 7.63. The highest BCUT2D eigenvalue weighted by atomic mass is 16.2. The maximum Gasteiger partial charge on any atom is 0.254 e. The minimum atomic E-state index is -0.846. The Morgan fingerprint density at radius 1 is 1.18 bits per heavy atom. The van der Waals surface area contributed by atoms with Crippen molar-refractivity contribution in [3.8, 4) is 0 Å². The number of nitrogens with one attached hydrogen (secondary N) is 3. The molecule has 3 N–H and O–H groups in total. The molecule has 6 heteroatoms. The number of anilines is 1. The highest BCUT2D eigenvalue weighted by Gasteiger charge is 2.30. The molecule has 0 spiro atoms. The summed E-state index contributed by atoms with van der Waals surface area (Å²) in [4.78, 5) is 36.4. The third kappa shape index (κ3) is 3.10. The van der Waals surface area contributed by atoms with E-state index in [1.165, 1.54) is 0 Å². The van der Waals surface area contributed by atoms with Crippen molar-refractivity contribution >= 4 is 23.4 Å². The molecule has 1 heterocycles. The van der Waals surface area contributed by atoms with Crippen molar-refractivity contribution in [2.75, 3.05) is 5.32 Å². The van der Waals surface area contributed by atoms with Gasteiger partial charge in [-0.3, -0.25) is 14.4 Å². The van der Waals surface area contributed by atoms with Gasteiger partial charge >= 0.3 is 0 Å². The zero-order valence-electron chi connectivity index (χ0n) is 12.2. The number of hydrogen-bond acceptors (Lipinski definition) is 3. The molecule has 3 amide bonds. The summed E-state index contributed by atoms with van der Waals surface area (Å²) in [7, 11) is 0. The fourth-order valence-electron chi connectivity index (χ4n) is 3.00. The van der Waals surface area contributed by atoms with E-state index in [9.17, 15) is 14.4 Å². The lowest BCUT2D eigenvalue weighted by molar-refractivity contribution is -0.126. The Bertz CT molecular complexity index is 608. The van der Waals surface area contributed by atoms with Gasteiger partial charge in [-0.15, -0.1) is 0 Å². The van der Waals surface area contributed by atoms with E-state index >= 15 is 0 Å². The van der Waals surface area contributed by atoms with Gasteiger partial charge in [0.2, 0.25) is 11.8 Å². The van der Waals surface area contributed by atoms with E-state index in [0.29, 0.717) is 11.3 Å². The smallest absolute Gasteiger partial charge is 0.254 e. The molecule has 1 aliphatic heterocycles. The second kappa shape index (κ2) is 6.17. The third-order valence-electron chi connectivity index (χ3n) is 4.16. The fraction of sp³-hybridized carbons (Fsp3) is 0.438. The molecule has 6 nitrogen and oxygen atoms in total. The zero-order chi connectivity index (χ0) is 15.5. The maximum atomic E-state index is 12.2. The number of para-hydroxylation sites is 1.